The molecule has 16 heavy (non-hydrogen) atoms. The van der Waals surface area contributed by atoms with Gasteiger partial charge in [-0.2, -0.15) is 0 Å². The number of nitrogens with zero attached hydrogens (tertiary/aromatic N) is 1. The van der Waals surface area contributed by atoms with Crippen molar-refractivity contribution in [2.24, 2.45) is 0 Å². The van der Waals surface area contributed by atoms with Crippen molar-refractivity contribution in [3.8, 4) is 0 Å². The predicted octanol–water partition coefficient (Wildman–Crippen LogP) is 1.90. The lowest BCUT2D eigenvalue weighted by molar-refractivity contribution is 0.0756. The summed E-state index contributed by atoms with van der Waals surface area (Å²) in [7, 11) is 1.92. The van der Waals surface area contributed by atoms with Crippen LogP contribution in [0.3, 0.4) is 0 Å². The fourth-order valence-electron chi connectivity index (χ4n) is 1.77. The highest BCUT2D eigenvalue weighted by atomic mass is 79.9. The summed E-state index contributed by atoms with van der Waals surface area (Å²) < 4.78 is 5.82. The van der Waals surface area contributed by atoms with Crippen molar-refractivity contribution in [1.82, 2.24) is 10.2 Å². The number of likely N-dealkylation sites (tertiary alicyclic amines) is 1. The zero-order chi connectivity index (χ0) is 10.8. The third kappa shape index (κ3) is 2.78. The summed E-state index contributed by atoms with van der Waals surface area (Å²) in [4.78, 5) is 13.7. The second kappa shape index (κ2) is 5.70. The summed E-state index contributed by atoms with van der Waals surface area (Å²) in [5.41, 5.74) is 0. The molecule has 6 heteroatoms. The monoisotopic (exact) mass is 308 g/mol. The first-order valence-corrected chi connectivity index (χ1v) is 5.72. The summed E-state index contributed by atoms with van der Waals surface area (Å²) in [6.45, 7) is 1.55. The molecule has 2 heterocycles. The number of rotatable bonds is 2. The zero-order valence-electron chi connectivity index (χ0n) is 8.90. The van der Waals surface area contributed by atoms with Gasteiger partial charge in [-0.05, 0) is 41.5 Å². The van der Waals surface area contributed by atoms with Gasteiger partial charge in [-0.3, -0.25) is 4.79 Å². The summed E-state index contributed by atoms with van der Waals surface area (Å²) in [6, 6.07) is 3.84. The van der Waals surface area contributed by atoms with E-state index in [1.165, 1.54) is 0 Å². The van der Waals surface area contributed by atoms with E-state index in [1.807, 2.05) is 11.9 Å². The molecule has 0 aliphatic carbocycles. The van der Waals surface area contributed by atoms with Crippen molar-refractivity contribution in [3.63, 3.8) is 0 Å². The Bertz CT molecular complexity index is 369. The molecule has 1 aromatic rings. The summed E-state index contributed by atoms with van der Waals surface area (Å²) in [5.74, 6) is 0.372. The Hall–Kier alpha value is -0.520. The molecule has 0 radical (unpaired) electrons. The minimum Gasteiger partial charge on any atom is -0.444 e. The van der Waals surface area contributed by atoms with Gasteiger partial charge in [-0.1, -0.05) is 0 Å². The Morgan fingerprint density at radius 1 is 1.62 bits per heavy atom. The maximum Gasteiger partial charge on any atom is 0.289 e. The van der Waals surface area contributed by atoms with Gasteiger partial charge in [0.2, 0.25) is 0 Å². The van der Waals surface area contributed by atoms with Crippen LogP contribution < -0.4 is 5.32 Å². The van der Waals surface area contributed by atoms with Gasteiger partial charge in [0.05, 0.1) is 0 Å². The van der Waals surface area contributed by atoms with E-state index in [-0.39, 0.29) is 18.3 Å². The summed E-state index contributed by atoms with van der Waals surface area (Å²) in [6.07, 6.45) is 1.00. The van der Waals surface area contributed by atoms with Crippen molar-refractivity contribution in [3.05, 3.63) is 22.6 Å². The molecule has 4 nitrogen and oxygen atoms in total. The first kappa shape index (κ1) is 13.5. The number of amides is 1. The fourth-order valence-corrected chi connectivity index (χ4v) is 2.07. The van der Waals surface area contributed by atoms with Crippen molar-refractivity contribution in [2.45, 2.75) is 12.5 Å². The molecule has 2 rings (SSSR count). The smallest absolute Gasteiger partial charge is 0.289 e. The lowest BCUT2D eigenvalue weighted by Gasteiger charge is -2.14. The van der Waals surface area contributed by atoms with Crippen molar-refractivity contribution >= 4 is 34.2 Å². The van der Waals surface area contributed by atoms with Crippen LogP contribution in [0.4, 0.5) is 0 Å². The number of halogens is 2. The molecule has 1 fully saturated rings. The molecule has 1 N–H and O–H groups in total. The van der Waals surface area contributed by atoms with Gasteiger partial charge in [0.1, 0.15) is 0 Å². The van der Waals surface area contributed by atoms with Gasteiger partial charge in [0, 0.05) is 19.1 Å². The molecule has 1 amide bonds. The molecule has 0 aromatic carbocycles. The Labute approximate surface area is 109 Å². The number of carbonyl (C=O) groups excluding carboxylic acids is 1. The van der Waals surface area contributed by atoms with Crippen LogP contribution in [0.1, 0.15) is 17.0 Å². The van der Waals surface area contributed by atoms with E-state index in [0.717, 1.165) is 19.5 Å². The average Bonchev–Trinajstić information content (AvgIpc) is 2.84. The first-order chi connectivity index (χ1) is 7.20. The van der Waals surface area contributed by atoms with Crippen molar-refractivity contribution < 1.29 is 9.21 Å². The highest BCUT2D eigenvalue weighted by Crippen LogP contribution is 2.18. The SMILES string of the molecule is CNC1CCN(C(=O)c2ccc(Br)o2)C1.Cl. The summed E-state index contributed by atoms with van der Waals surface area (Å²) >= 11 is 3.18. The zero-order valence-corrected chi connectivity index (χ0v) is 11.3. The van der Waals surface area contributed by atoms with Crippen LogP contribution >= 0.6 is 28.3 Å². The molecule has 0 saturated carbocycles. The number of carbonyl (C=O) groups is 1. The standard InChI is InChI=1S/C10H13BrN2O2.ClH/c1-12-7-4-5-13(6-7)10(14)8-2-3-9(11)15-8;/h2-3,7,12H,4-6H2,1H3;1H. The van der Waals surface area contributed by atoms with Crippen LogP contribution in [0.5, 0.6) is 0 Å². The number of likely N-dealkylation sites (N-methyl/N-ethyl adjacent to an activating group) is 1. The highest BCUT2D eigenvalue weighted by molar-refractivity contribution is 9.10. The maximum atomic E-state index is 11.9. The lowest BCUT2D eigenvalue weighted by atomic mass is 10.3. The van der Waals surface area contributed by atoms with E-state index in [2.05, 4.69) is 21.2 Å². The van der Waals surface area contributed by atoms with Gasteiger partial charge < -0.3 is 14.6 Å². The second-order valence-electron chi connectivity index (χ2n) is 3.63. The van der Waals surface area contributed by atoms with Crippen LogP contribution in [0.25, 0.3) is 0 Å². The molecular formula is C10H14BrClN2O2. The Kier molecular flexibility index (Phi) is 4.83. The van der Waals surface area contributed by atoms with Gasteiger partial charge in [0.25, 0.3) is 5.91 Å². The fraction of sp³-hybridized carbons (Fsp3) is 0.500. The minimum absolute atomic E-state index is 0. The third-order valence-electron chi connectivity index (χ3n) is 2.67. The molecule has 90 valence electrons. The van der Waals surface area contributed by atoms with Crippen molar-refractivity contribution in [1.29, 1.82) is 0 Å². The highest BCUT2D eigenvalue weighted by Gasteiger charge is 2.27. The molecule has 1 saturated heterocycles. The van der Waals surface area contributed by atoms with Crippen LogP contribution in [0, 0.1) is 0 Å². The van der Waals surface area contributed by atoms with Gasteiger partial charge in [0.15, 0.2) is 10.4 Å². The molecule has 1 aromatic heterocycles. The van der Waals surface area contributed by atoms with E-state index in [4.69, 9.17) is 4.42 Å². The van der Waals surface area contributed by atoms with Crippen LogP contribution in [-0.2, 0) is 0 Å². The normalized spacial score (nSPS) is 19.6. The van der Waals surface area contributed by atoms with E-state index in [0.29, 0.717) is 16.5 Å². The van der Waals surface area contributed by atoms with Gasteiger partial charge in [-0.15, -0.1) is 12.4 Å². The van der Waals surface area contributed by atoms with Gasteiger partial charge >= 0.3 is 0 Å². The molecule has 0 spiro atoms. The average molecular weight is 310 g/mol. The molecule has 1 unspecified atom stereocenters. The van der Waals surface area contributed by atoms with Gasteiger partial charge in [-0.25, -0.2) is 0 Å². The quantitative estimate of drug-likeness (QED) is 0.907. The van der Waals surface area contributed by atoms with E-state index < -0.39 is 0 Å². The maximum absolute atomic E-state index is 11.9. The Balaban J connectivity index is 0.00000128. The third-order valence-corrected chi connectivity index (χ3v) is 3.09. The van der Waals surface area contributed by atoms with Crippen LogP contribution in [0.2, 0.25) is 0 Å². The number of furan rings is 1. The second-order valence-corrected chi connectivity index (χ2v) is 4.41. The predicted molar refractivity (Wildman–Crippen MR) is 67.0 cm³/mol. The molecule has 1 aliphatic rings. The molecule has 1 atom stereocenters. The van der Waals surface area contributed by atoms with Crippen LogP contribution in [-0.4, -0.2) is 37.0 Å². The minimum atomic E-state index is -0.0292. The van der Waals surface area contributed by atoms with Crippen molar-refractivity contribution in [2.75, 3.05) is 20.1 Å². The molecule has 0 bridgehead atoms. The van der Waals surface area contributed by atoms with E-state index in [1.54, 1.807) is 12.1 Å². The molecular weight excluding hydrogens is 295 g/mol. The summed E-state index contributed by atoms with van der Waals surface area (Å²) in [5, 5.41) is 3.17. The largest absolute Gasteiger partial charge is 0.444 e. The van der Waals surface area contributed by atoms with E-state index >= 15 is 0 Å². The van der Waals surface area contributed by atoms with E-state index in [9.17, 15) is 4.79 Å². The topological polar surface area (TPSA) is 45.5 Å². The molecule has 1 aliphatic heterocycles. The number of nitrogens with one attached hydrogen (secondary N) is 1. The number of hydrogen-bond acceptors (Lipinski definition) is 3. The first-order valence-electron chi connectivity index (χ1n) is 4.92. The Morgan fingerprint density at radius 3 is 2.88 bits per heavy atom. The number of hydrogen-bond donors (Lipinski definition) is 1. The van der Waals surface area contributed by atoms with Crippen LogP contribution in [0.15, 0.2) is 21.2 Å². The Morgan fingerprint density at radius 2 is 2.38 bits per heavy atom. The lowest BCUT2D eigenvalue weighted by Crippen LogP contribution is -2.33.